The summed E-state index contributed by atoms with van der Waals surface area (Å²) < 4.78 is 0. The molecule has 0 radical (unpaired) electrons. The number of halogens is 1. The molecule has 0 amide bonds. The van der Waals surface area contributed by atoms with E-state index in [0.29, 0.717) is 0 Å². The largest absolute Gasteiger partial charge is 0.0988 e. The van der Waals surface area contributed by atoms with Gasteiger partial charge >= 0.3 is 0 Å². The van der Waals surface area contributed by atoms with Crippen LogP contribution in [0.5, 0.6) is 0 Å². The summed E-state index contributed by atoms with van der Waals surface area (Å²) >= 11 is 3.35. The molecule has 0 saturated heterocycles. The lowest BCUT2D eigenvalue weighted by Gasteiger charge is -1.89. The fourth-order valence-corrected chi connectivity index (χ4v) is 0.911. The number of allylic oxidation sites excluding steroid dienone is 5. The van der Waals surface area contributed by atoms with E-state index in [2.05, 4.69) is 47.7 Å². The van der Waals surface area contributed by atoms with E-state index in [4.69, 9.17) is 0 Å². The van der Waals surface area contributed by atoms with Gasteiger partial charge in [-0.3, -0.25) is 0 Å². The predicted molar refractivity (Wildman–Crippen MR) is 51.5 cm³/mol. The minimum atomic E-state index is 0.880. The van der Waals surface area contributed by atoms with Gasteiger partial charge in [-0.15, -0.1) is 0 Å². The Morgan fingerprint density at radius 2 is 2.30 bits per heavy atom. The van der Waals surface area contributed by atoms with Gasteiger partial charge in [0, 0.05) is 5.33 Å². The van der Waals surface area contributed by atoms with Crippen LogP contribution in [0.15, 0.2) is 36.5 Å². The van der Waals surface area contributed by atoms with E-state index in [0.717, 1.165) is 11.8 Å². The molecule has 0 aliphatic heterocycles. The molecule has 56 valence electrons. The number of hydrogen-bond acceptors (Lipinski definition) is 0. The number of hydrogen-bond donors (Lipinski definition) is 0. The molecule has 0 aromatic rings. The SMILES string of the molecule is C=C/C(=C\C=C/CC)CBr. The molecule has 0 fully saturated rings. The summed E-state index contributed by atoms with van der Waals surface area (Å²) in [4.78, 5) is 0. The van der Waals surface area contributed by atoms with Crippen LogP contribution in [-0.4, -0.2) is 5.33 Å². The van der Waals surface area contributed by atoms with Crippen LogP contribution in [0.2, 0.25) is 0 Å². The zero-order valence-electron chi connectivity index (χ0n) is 6.31. The molecule has 0 bridgehead atoms. The monoisotopic (exact) mass is 200 g/mol. The highest BCUT2D eigenvalue weighted by Gasteiger charge is 1.81. The van der Waals surface area contributed by atoms with Gasteiger partial charge < -0.3 is 0 Å². The van der Waals surface area contributed by atoms with Crippen molar-refractivity contribution in [2.75, 3.05) is 5.33 Å². The van der Waals surface area contributed by atoms with Crippen LogP contribution >= 0.6 is 15.9 Å². The Bertz CT molecular complexity index is 143. The standard InChI is InChI=1S/C9H13Br/c1-3-5-6-7-9(4-2)8-10/h4-7H,2-3,8H2,1H3/b6-5-,9-7+. The number of alkyl halides is 1. The zero-order valence-corrected chi connectivity index (χ0v) is 7.89. The van der Waals surface area contributed by atoms with Crippen molar-refractivity contribution in [3.05, 3.63) is 36.5 Å². The first-order valence-corrected chi connectivity index (χ1v) is 4.51. The lowest BCUT2D eigenvalue weighted by Crippen LogP contribution is -1.74. The highest BCUT2D eigenvalue weighted by Crippen LogP contribution is 2.00. The molecule has 0 aromatic heterocycles. The van der Waals surface area contributed by atoms with Gasteiger partial charge in [-0.25, -0.2) is 0 Å². The van der Waals surface area contributed by atoms with Crippen LogP contribution in [0.25, 0.3) is 0 Å². The van der Waals surface area contributed by atoms with Crippen molar-refractivity contribution in [2.45, 2.75) is 13.3 Å². The molecule has 0 aliphatic rings. The predicted octanol–water partition coefficient (Wildman–Crippen LogP) is 3.46. The minimum Gasteiger partial charge on any atom is -0.0988 e. The van der Waals surface area contributed by atoms with Crippen LogP contribution in [0.3, 0.4) is 0 Å². The fraction of sp³-hybridized carbons (Fsp3) is 0.333. The van der Waals surface area contributed by atoms with Gasteiger partial charge in [-0.1, -0.05) is 53.7 Å². The van der Waals surface area contributed by atoms with Crippen LogP contribution < -0.4 is 0 Å². The maximum atomic E-state index is 3.68. The Morgan fingerprint density at radius 1 is 1.60 bits per heavy atom. The minimum absolute atomic E-state index is 0.880. The molecule has 0 N–H and O–H groups in total. The Balaban J connectivity index is 3.85. The normalized spacial score (nSPS) is 12.4. The van der Waals surface area contributed by atoms with Crippen LogP contribution in [0.1, 0.15) is 13.3 Å². The second-order valence-corrected chi connectivity index (χ2v) is 2.48. The van der Waals surface area contributed by atoms with E-state index in [1.165, 1.54) is 5.57 Å². The summed E-state index contributed by atoms with van der Waals surface area (Å²) in [5.41, 5.74) is 1.21. The first kappa shape index (κ1) is 9.70. The van der Waals surface area contributed by atoms with Gasteiger partial charge in [0.1, 0.15) is 0 Å². The first-order valence-electron chi connectivity index (χ1n) is 3.39. The lowest BCUT2D eigenvalue weighted by atomic mass is 10.2. The van der Waals surface area contributed by atoms with Crippen molar-refractivity contribution in [3.8, 4) is 0 Å². The van der Waals surface area contributed by atoms with Gasteiger partial charge in [0.25, 0.3) is 0 Å². The average molecular weight is 201 g/mol. The van der Waals surface area contributed by atoms with E-state index in [9.17, 15) is 0 Å². The highest BCUT2D eigenvalue weighted by molar-refractivity contribution is 9.09. The second kappa shape index (κ2) is 6.81. The Hall–Kier alpha value is -0.300. The van der Waals surface area contributed by atoms with Crippen molar-refractivity contribution in [1.82, 2.24) is 0 Å². The Kier molecular flexibility index (Phi) is 6.61. The molecule has 0 rings (SSSR count). The van der Waals surface area contributed by atoms with E-state index in [1.807, 2.05) is 6.08 Å². The van der Waals surface area contributed by atoms with Crippen molar-refractivity contribution in [1.29, 1.82) is 0 Å². The highest BCUT2D eigenvalue weighted by atomic mass is 79.9. The summed E-state index contributed by atoms with van der Waals surface area (Å²) in [6, 6.07) is 0. The average Bonchev–Trinajstić information content (AvgIpc) is 1.99. The zero-order chi connectivity index (χ0) is 7.82. The van der Waals surface area contributed by atoms with Gasteiger partial charge in [-0.2, -0.15) is 0 Å². The van der Waals surface area contributed by atoms with E-state index in [-0.39, 0.29) is 0 Å². The lowest BCUT2D eigenvalue weighted by molar-refractivity contribution is 1.22. The third kappa shape index (κ3) is 4.57. The maximum absolute atomic E-state index is 3.68. The molecule has 0 aromatic carbocycles. The van der Waals surface area contributed by atoms with Crippen molar-refractivity contribution < 1.29 is 0 Å². The summed E-state index contributed by atoms with van der Waals surface area (Å²) in [5.74, 6) is 0. The molecule has 10 heavy (non-hydrogen) atoms. The molecule has 0 saturated carbocycles. The van der Waals surface area contributed by atoms with Gasteiger partial charge in [0.15, 0.2) is 0 Å². The molecule has 0 unspecified atom stereocenters. The van der Waals surface area contributed by atoms with Crippen LogP contribution in [0, 0.1) is 0 Å². The number of rotatable bonds is 4. The van der Waals surface area contributed by atoms with Crippen LogP contribution in [0.4, 0.5) is 0 Å². The summed E-state index contributed by atoms with van der Waals surface area (Å²) in [7, 11) is 0. The van der Waals surface area contributed by atoms with Crippen LogP contribution in [-0.2, 0) is 0 Å². The molecule has 0 atom stereocenters. The van der Waals surface area contributed by atoms with E-state index in [1.54, 1.807) is 0 Å². The van der Waals surface area contributed by atoms with E-state index < -0.39 is 0 Å². The molecular weight excluding hydrogens is 188 g/mol. The van der Waals surface area contributed by atoms with Crippen molar-refractivity contribution in [2.24, 2.45) is 0 Å². The molecule has 0 heterocycles. The molecule has 0 spiro atoms. The third-order valence-electron chi connectivity index (χ3n) is 1.10. The first-order chi connectivity index (χ1) is 4.85. The molecular formula is C9H13Br. The summed E-state index contributed by atoms with van der Waals surface area (Å²) in [5, 5.41) is 0.880. The molecule has 0 nitrogen and oxygen atoms in total. The van der Waals surface area contributed by atoms with E-state index >= 15 is 0 Å². The topological polar surface area (TPSA) is 0 Å². The van der Waals surface area contributed by atoms with Gasteiger partial charge in [0.2, 0.25) is 0 Å². The molecule has 0 aliphatic carbocycles. The van der Waals surface area contributed by atoms with Gasteiger partial charge in [0.05, 0.1) is 0 Å². The molecule has 1 heteroatoms. The van der Waals surface area contributed by atoms with Crippen molar-refractivity contribution in [3.63, 3.8) is 0 Å². The smallest absolute Gasteiger partial charge is 0.0282 e. The summed E-state index contributed by atoms with van der Waals surface area (Å²) in [6.07, 6.45) is 9.17. The summed E-state index contributed by atoms with van der Waals surface area (Å²) in [6.45, 7) is 5.80. The maximum Gasteiger partial charge on any atom is 0.0282 e. The van der Waals surface area contributed by atoms with Gasteiger partial charge in [-0.05, 0) is 12.0 Å². The quantitative estimate of drug-likeness (QED) is 0.482. The Labute approximate surface area is 71.5 Å². The second-order valence-electron chi connectivity index (χ2n) is 1.92. The van der Waals surface area contributed by atoms with Crippen molar-refractivity contribution >= 4 is 15.9 Å². The fourth-order valence-electron chi connectivity index (χ4n) is 0.495. The Morgan fingerprint density at radius 3 is 2.70 bits per heavy atom. The third-order valence-corrected chi connectivity index (χ3v) is 1.75.